The first-order valence-corrected chi connectivity index (χ1v) is 8.78. The average molecular weight is 345 g/mol. The monoisotopic (exact) mass is 344 g/mol. The molecule has 4 nitrogen and oxygen atoms in total. The molecular formula is C19H21ClN2O2. The van der Waals surface area contributed by atoms with Crippen LogP contribution in [0.1, 0.15) is 5.56 Å². The second kappa shape index (κ2) is 6.91. The average Bonchev–Trinajstić information content (AvgIpc) is 2.63. The van der Waals surface area contributed by atoms with E-state index in [4.69, 9.17) is 21.1 Å². The molecular weight excluding hydrogens is 324 g/mol. The van der Waals surface area contributed by atoms with Crippen molar-refractivity contribution in [3.8, 4) is 11.5 Å². The van der Waals surface area contributed by atoms with Gasteiger partial charge in [-0.1, -0.05) is 29.8 Å². The van der Waals surface area contributed by atoms with E-state index in [-0.39, 0.29) is 0 Å². The minimum absolute atomic E-state index is 0.632. The lowest BCUT2D eigenvalue weighted by molar-refractivity contribution is 0.171. The summed E-state index contributed by atoms with van der Waals surface area (Å²) in [4.78, 5) is 4.83. The Morgan fingerprint density at radius 3 is 2.42 bits per heavy atom. The largest absolute Gasteiger partial charge is 0.486 e. The van der Waals surface area contributed by atoms with Gasteiger partial charge in [-0.05, 0) is 29.8 Å². The van der Waals surface area contributed by atoms with Crippen LogP contribution < -0.4 is 14.4 Å². The first-order valence-electron chi connectivity index (χ1n) is 8.40. The molecule has 2 aliphatic heterocycles. The molecule has 0 saturated carbocycles. The van der Waals surface area contributed by atoms with Gasteiger partial charge >= 0.3 is 0 Å². The molecule has 2 aromatic carbocycles. The molecule has 2 aliphatic rings. The van der Waals surface area contributed by atoms with E-state index in [1.165, 1.54) is 5.56 Å². The molecule has 1 fully saturated rings. The zero-order valence-corrected chi connectivity index (χ0v) is 14.3. The Labute approximate surface area is 147 Å². The van der Waals surface area contributed by atoms with Gasteiger partial charge in [0, 0.05) is 32.7 Å². The second-order valence-corrected chi connectivity index (χ2v) is 6.60. The number of hydrogen-bond acceptors (Lipinski definition) is 4. The van der Waals surface area contributed by atoms with Gasteiger partial charge in [-0.2, -0.15) is 0 Å². The van der Waals surface area contributed by atoms with Crippen LogP contribution in [-0.2, 0) is 6.54 Å². The summed E-state index contributed by atoms with van der Waals surface area (Å²) in [5, 5.41) is 0.831. The van der Waals surface area contributed by atoms with Gasteiger partial charge in [0.2, 0.25) is 0 Å². The molecule has 2 heterocycles. The summed E-state index contributed by atoms with van der Waals surface area (Å²) in [7, 11) is 0. The molecule has 0 amide bonds. The Morgan fingerprint density at radius 2 is 1.62 bits per heavy atom. The van der Waals surface area contributed by atoms with E-state index in [1.807, 2.05) is 24.3 Å². The Balaban J connectivity index is 1.37. The van der Waals surface area contributed by atoms with Gasteiger partial charge in [-0.25, -0.2) is 0 Å². The third-order valence-electron chi connectivity index (χ3n) is 4.58. The van der Waals surface area contributed by atoms with Gasteiger partial charge in [0.25, 0.3) is 0 Å². The fourth-order valence-electron chi connectivity index (χ4n) is 3.30. The van der Waals surface area contributed by atoms with E-state index in [9.17, 15) is 0 Å². The Bertz CT molecular complexity index is 714. The first-order chi connectivity index (χ1) is 11.8. The molecule has 0 radical (unpaired) electrons. The number of halogens is 1. The quantitative estimate of drug-likeness (QED) is 0.851. The minimum Gasteiger partial charge on any atom is -0.486 e. The molecule has 0 bridgehead atoms. The summed E-state index contributed by atoms with van der Waals surface area (Å²) < 4.78 is 11.3. The fraction of sp³-hybridized carbons (Fsp3) is 0.368. The maximum atomic E-state index is 6.31. The highest BCUT2D eigenvalue weighted by Crippen LogP contribution is 2.31. The van der Waals surface area contributed by atoms with Crippen molar-refractivity contribution in [1.29, 1.82) is 0 Å². The van der Waals surface area contributed by atoms with Gasteiger partial charge < -0.3 is 14.4 Å². The molecule has 0 aliphatic carbocycles. The number of ether oxygens (including phenoxy) is 2. The summed E-state index contributed by atoms with van der Waals surface area (Å²) in [6.07, 6.45) is 0. The van der Waals surface area contributed by atoms with Crippen molar-refractivity contribution < 1.29 is 9.47 Å². The summed E-state index contributed by atoms with van der Waals surface area (Å²) in [5.74, 6) is 1.72. The third-order valence-corrected chi connectivity index (χ3v) is 4.90. The topological polar surface area (TPSA) is 24.9 Å². The molecule has 126 valence electrons. The van der Waals surface area contributed by atoms with Gasteiger partial charge in [0.1, 0.15) is 13.2 Å². The molecule has 0 aromatic heterocycles. The van der Waals surface area contributed by atoms with Crippen molar-refractivity contribution in [3.05, 3.63) is 53.1 Å². The Morgan fingerprint density at radius 1 is 0.875 bits per heavy atom. The van der Waals surface area contributed by atoms with Gasteiger partial charge in [0.05, 0.1) is 10.7 Å². The van der Waals surface area contributed by atoms with Crippen LogP contribution in [0, 0.1) is 0 Å². The van der Waals surface area contributed by atoms with E-state index >= 15 is 0 Å². The zero-order chi connectivity index (χ0) is 16.4. The van der Waals surface area contributed by atoms with Crippen LogP contribution in [0.5, 0.6) is 11.5 Å². The molecule has 2 aromatic rings. The highest BCUT2D eigenvalue weighted by Gasteiger charge is 2.19. The van der Waals surface area contributed by atoms with Crippen LogP contribution in [0.3, 0.4) is 0 Å². The molecule has 1 saturated heterocycles. The van der Waals surface area contributed by atoms with Crippen LogP contribution in [0.25, 0.3) is 0 Å². The summed E-state index contributed by atoms with van der Waals surface area (Å²) in [6, 6.07) is 14.3. The van der Waals surface area contributed by atoms with Crippen LogP contribution in [0.4, 0.5) is 5.69 Å². The molecule has 0 unspecified atom stereocenters. The number of anilines is 1. The van der Waals surface area contributed by atoms with E-state index < -0.39 is 0 Å². The van der Waals surface area contributed by atoms with Gasteiger partial charge in [0.15, 0.2) is 11.5 Å². The normalized spacial score (nSPS) is 17.8. The number of piperazine rings is 1. The lowest BCUT2D eigenvalue weighted by Crippen LogP contribution is -2.46. The lowest BCUT2D eigenvalue weighted by atomic mass is 10.1. The van der Waals surface area contributed by atoms with Crippen molar-refractivity contribution in [2.45, 2.75) is 6.54 Å². The summed E-state index contributed by atoms with van der Waals surface area (Å²) in [5.41, 5.74) is 2.41. The number of para-hydroxylation sites is 1. The lowest BCUT2D eigenvalue weighted by Gasteiger charge is -2.36. The number of nitrogens with zero attached hydrogens (tertiary/aromatic N) is 2. The van der Waals surface area contributed by atoms with E-state index in [2.05, 4.69) is 28.0 Å². The Hall–Kier alpha value is -1.91. The maximum absolute atomic E-state index is 6.31. The molecule has 0 N–H and O–H groups in total. The molecule has 4 rings (SSSR count). The second-order valence-electron chi connectivity index (χ2n) is 6.19. The van der Waals surface area contributed by atoms with Crippen molar-refractivity contribution in [1.82, 2.24) is 4.90 Å². The highest BCUT2D eigenvalue weighted by atomic mass is 35.5. The van der Waals surface area contributed by atoms with Crippen molar-refractivity contribution in [3.63, 3.8) is 0 Å². The molecule has 24 heavy (non-hydrogen) atoms. The summed E-state index contributed by atoms with van der Waals surface area (Å²) in [6.45, 7) is 6.25. The van der Waals surface area contributed by atoms with E-state index in [1.54, 1.807) is 0 Å². The van der Waals surface area contributed by atoms with Gasteiger partial charge in [-0.3, -0.25) is 4.90 Å². The first kappa shape index (κ1) is 15.6. The molecule has 0 atom stereocenters. The third kappa shape index (κ3) is 3.30. The zero-order valence-electron chi connectivity index (χ0n) is 13.6. The number of fused-ring (bicyclic) bond motifs is 1. The standard InChI is InChI=1S/C19H21ClN2O2/c20-16-3-1-2-4-17(16)22-9-7-21(8-10-22)14-15-5-6-18-19(13-15)24-12-11-23-18/h1-6,13H,7-12,14H2. The van der Waals surface area contributed by atoms with E-state index in [0.29, 0.717) is 13.2 Å². The van der Waals surface area contributed by atoms with Crippen molar-refractivity contribution in [2.75, 3.05) is 44.3 Å². The predicted octanol–water partition coefficient (Wildman–Crippen LogP) is 3.43. The Kier molecular flexibility index (Phi) is 4.50. The van der Waals surface area contributed by atoms with Crippen LogP contribution >= 0.6 is 11.6 Å². The predicted molar refractivity (Wildman–Crippen MR) is 96.4 cm³/mol. The van der Waals surface area contributed by atoms with E-state index in [0.717, 1.165) is 54.9 Å². The van der Waals surface area contributed by atoms with Crippen LogP contribution in [0.2, 0.25) is 5.02 Å². The van der Waals surface area contributed by atoms with Crippen LogP contribution in [0.15, 0.2) is 42.5 Å². The molecule has 5 heteroatoms. The van der Waals surface area contributed by atoms with Gasteiger partial charge in [-0.15, -0.1) is 0 Å². The SMILES string of the molecule is Clc1ccccc1N1CCN(Cc2ccc3c(c2)OCCO3)CC1. The summed E-state index contributed by atoms with van der Waals surface area (Å²) >= 11 is 6.31. The number of rotatable bonds is 3. The van der Waals surface area contributed by atoms with Crippen LogP contribution in [-0.4, -0.2) is 44.3 Å². The van der Waals surface area contributed by atoms with Crippen molar-refractivity contribution >= 4 is 17.3 Å². The number of hydrogen-bond donors (Lipinski definition) is 0. The fourth-order valence-corrected chi connectivity index (χ4v) is 3.55. The minimum atomic E-state index is 0.632. The number of benzene rings is 2. The van der Waals surface area contributed by atoms with Crippen molar-refractivity contribution in [2.24, 2.45) is 0 Å². The molecule has 0 spiro atoms. The highest BCUT2D eigenvalue weighted by molar-refractivity contribution is 6.33. The maximum Gasteiger partial charge on any atom is 0.161 e. The smallest absolute Gasteiger partial charge is 0.161 e.